The minimum Gasteiger partial charge on any atom is -0.478 e. The molecule has 4 aromatic rings. The van der Waals surface area contributed by atoms with Gasteiger partial charge in [-0.1, -0.05) is 12.1 Å². The largest absolute Gasteiger partial charge is 0.478 e. The van der Waals surface area contributed by atoms with E-state index >= 15 is 0 Å². The standard InChI is InChI=1S/C27H18N4O2.Mn/c32-27(33)17-3-1-16(2-4-17)26-24-11-9-22(30-24)14-20-7-5-18(28-20)13-19-6-8-21(29-19)15-23-10-12-25(26)31-23;/h1-15,28,31H,(H,32,33);. The number of aromatic amines is 2. The molecule has 3 N–H and O–H groups in total. The predicted octanol–water partition coefficient (Wildman–Crippen LogP) is 6.02. The molecule has 0 atom stereocenters. The van der Waals surface area contributed by atoms with Crippen LogP contribution in [0, 0.1) is 0 Å². The first-order chi connectivity index (χ1) is 16.1. The quantitative estimate of drug-likeness (QED) is 0.262. The predicted molar refractivity (Wildman–Crippen MR) is 131 cm³/mol. The maximum absolute atomic E-state index is 11.3. The topological polar surface area (TPSA) is 94.7 Å². The number of carboxylic acids is 1. The van der Waals surface area contributed by atoms with Crippen molar-refractivity contribution in [2.75, 3.05) is 0 Å². The number of hydrogen-bond acceptors (Lipinski definition) is 3. The first-order valence-corrected chi connectivity index (χ1v) is 10.5. The molecule has 0 unspecified atom stereocenters. The van der Waals surface area contributed by atoms with Crippen LogP contribution < -0.4 is 0 Å². The van der Waals surface area contributed by atoms with Crippen LogP contribution in [0.5, 0.6) is 0 Å². The Hall–Kier alpha value is -4.19. The molecular formula is C27H18MnN4O2. The molecule has 6 rings (SSSR count). The number of carboxylic acid groups (broad SMARTS) is 1. The van der Waals surface area contributed by atoms with E-state index in [2.05, 4.69) is 15.0 Å². The van der Waals surface area contributed by atoms with Crippen molar-refractivity contribution in [1.82, 2.24) is 19.9 Å². The number of carbonyl (C=O) groups is 1. The number of rotatable bonds is 2. The van der Waals surface area contributed by atoms with E-state index < -0.39 is 5.97 Å². The molecule has 1 radical (unpaired) electrons. The summed E-state index contributed by atoms with van der Waals surface area (Å²) in [5.74, 6) is -0.950. The van der Waals surface area contributed by atoms with Gasteiger partial charge in [-0.05, 0) is 84.5 Å². The van der Waals surface area contributed by atoms with E-state index in [1.165, 1.54) is 0 Å². The Morgan fingerprint density at radius 2 is 1.24 bits per heavy atom. The van der Waals surface area contributed by atoms with Gasteiger partial charge < -0.3 is 15.1 Å². The maximum Gasteiger partial charge on any atom is 0.335 e. The Morgan fingerprint density at radius 3 is 1.88 bits per heavy atom. The van der Waals surface area contributed by atoms with Crippen LogP contribution in [0.25, 0.3) is 57.5 Å². The zero-order chi connectivity index (χ0) is 22.4. The van der Waals surface area contributed by atoms with Crippen LogP contribution in [0.4, 0.5) is 0 Å². The molecule has 34 heavy (non-hydrogen) atoms. The van der Waals surface area contributed by atoms with E-state index in [0.717, 1.165) is 56.0 Å². The first-order valence-electron chi connectivity index (χ1n) is 10.5. The number of aromatic nitrogens is 4. The Bertz CT molecular complexity index is 1640. The summed E-state index contributed by atoms with van der Waals surface area (Å²) in [5.41, 5.74) is 9.13. The number of hydrogen-bond donors (Lipinski definition) is 3. The van der Waals surface area contributed by atoms with Crippen LogP contribution in [0.1, 0.15) is 33.1 Å². The molecule has 0 amide bonds. The van der Waals surface area contributed by atoms with Gasteiger partial charge in [-0.2, -0.15) is 0 Å². The minimum absolute atomic E-state index is 0. The number of benzene rings is 1. The second kappa shape index (κ2) is 8.63. The fourth-order valence-corrected chi connectivity index (χ4v) is 4.09. The third kappa shape index (κ3) is 4.10. The normalized spacial score (nSPS) is 11.9. The summed E-state index contributed by atoms with van der Waals surface area (Å²) in [5, 5.41) is 9.28. The molecule has 0 saturated heterocycles. The van der Waals surface area contributed by atoms with E-state index in [9.17, 15) is 9.90 Å². The Kier molecular flexibility index (Phi) is 5.49. The van der Waals surface area contributed by atoms with Crippen molar-refractivity contribution in [3.63, 3.8) is 0 Å². The van der Waals surface area contributed by atoms with E-state index in [-0.39, 0.29) is 22.6 Å². The second-order valence-electron chi connectivity index (χ2n) is 7.94. The molecule has 7 heteroatoms. The van der Waals surface area contributed by atoms with Gasteiger partial charge in [-0.25, -0.2) is 14.8 Å². The Labute approximate surface area is 205 Å². The van der Waals surface area contributed by atoms with E-state index in [1.807, 2.05) is 78.9 Å². The molecule has 165 valence electrons. The SMILES string of the molecule is O=C(O)c1ccc(-c2c3nc(cc4ccc(cc5nc(cc6ccc2[nH]6)C=C5)[nH]4)C=C3)cc1.[Mn]. The van der Waals surface area contributed by atoms with Gasteiger partial charge in [0.15, 0.2) is 0 Å². The van der Waals surface area contributed by atoms with Gasteiger partial charge in [0.2, 0.25) is 0 Å². The minimum atomic E-state index is -0.950. The summed E-state index contributed by atoms with van der Waals surface area (Å²) in [6, 6.07) is 20.9. The van der Waals surface area contributed by atoms with Gasteiger partial charge in [-0.15, -0.1) is 0 Å². The van der Waals surface area contributed by atoms with Crippen LogP contribution in [-0.4, -0.2) is 31.0 Å². The molecule has 8 bridgehead atoms. The molecule has 0 fully saturated rings. The van der Waals surface area contributed by atoms with Crippen molar-refractivity contribution < 1.29 is 27.0 Å². The van der Waals surface area contributed by atoms with Gasteiger partial charge in [0.05, 0.1) is 28.3 Å². The average molecular weight is 485 g/mol. The van der Waals surface area contributed by atoms with Gasteiger partial charge in [0.1, 0.15) is 0 Å². The Balaban J connectivity index is 0.00000241. The summed E-state index contributed by atoms with van der Waals surface area (Å²) < 4.78 is 0. The molecular weight excluding hydrogens is 467 g/mol. The van der Waals surface area contributed by atoms with Crippen molar-refractivity contribution in [1.29, 1.82) is 0 Å². The number of aromatic carboxylic acids is 1. The molecule has 6 nitrogen and oxygen atoms in total. The molecule has 0 spiro atoms. The molecule has 2 aliphatic rings. The van der Waals surface area contributed by atoms with Gasteiger partial charge >= 0.3 is 5.97 Å². The smallest absolute Gasteiger partial charge is 0.335 e. The van der Waals surface area contributed by atoms with Crippen LogP contribution in [0.15, 0.2) is 66.7 Å². The molecule has 2 aliphatic heterocycles. The summed E-state index contributed by atoms with van der Waals surface area (Å²) in [6.45, 7) is 0. The molecule has 1 aromatic carbocycles. The van der Waals surface area contributed by atoms with E-state index in [4.69, 9.17) is 4.98 Å². The Morgan fingerprint density at radius 1 is 0.676 bits per heavy atom. The van der Waals surface area contributed by atoms with Gasteiger partial charge in [0, 0.05) is 44.7 Å². The molecule has 3 aromatic heterocycles. The van der Waals surface area contributed by atoms with Crippen LogP contribution >= 0.6 is 0 Å². The summed E-state index contributed by atoms with van der Waals surface area (Å²) in [6.07, 6.45) is 7.93. The van der Waals surface area contributed by atoms with Crippen molar-refractivity contribution in [2.24, 2.45) is 0 Å². The second-order valence-corrected chi connectivity index (χ2v) is 7.94. The average Bonchev–Trinajstić information content (AvgIpc) is 3.60. The van der Waals surface area contributed by atoms with Crippen molar-refractivity contribution in [2.45, 2.75) is 0 Å². The zero-order valence-corrected chi connectivity index (χ0v) is 19.0. The monoisotopic (exact) mass is 485 g/mol. The van der Waals surface area contributed by atoms with Crippen LogP contribution in [-0.2, 0) is 17.1 Å². The fraction of sp³-hybridized carbons (Fsp3) is 0. The number of nitrogens with one attached hydrogen (secondary N) is 2. The number of nitrogens with zero attached hydrogens (tertiary/aromatic N) is 2. The van der Waals surface area contributed by atoms with Crippen molar-refractivity contribution in [3.05, 3.63) is 95.1 Å². The summed E-state index contributed by atoms with van der Waals surface area (Å²) in [7, 11) is 0. The summed E-state index contributed by atoms with van der Waals surface area (Å²) in [4.78, 5) is 27.7. The van der Waals surface area contributed by atoms with Gasteiger partial charge in [-0.3, -0.25) is 0 Å². The maximum atomic E-state index is 11.3. The van der Waals surface area contributed by atoms with Crippen molar-refractivity contribution >= 4 is 52.3 Å². The third-order valence-electron chi connectivity index (χ3n) is 5.64. The molecule has 5 heterocycles. The third-order valence-corrected chi connectivity index (χ3v) is 5.64. The van der Waals surface area contributed by atoms with Crippen molar-refractivity contribution in [3.8, 4) is 11.1 Å². The number of fused-ring (bicyclic) bond motifs is 8. The van der Waals surface area contributed by atoms with E-state index in [0.29, 0.717) is 0 Å². The zero-order valence-electron chi connectivity index (χ0n) is 17.8. The fourth-order valence-electron chi connectivity index (χ4n) is 4.09. The molecule has 0 saturated carbocycles. The van der Waals surface area contributed by atoms with Crippen LogP contribution in [0.3, 0.4) is 0 Å². The number of H-pyrrole nitrogens is 2. The van der Waals surface area contributed by atoms with Crippen LogP contribution in [0.2, 0.25) is 0 Å². The summed E-state index contributed by atoms with van der Waals surface area (Å²) >= 11 is 0. The van der Waals surface area contributed by atoms with Gasteiger partial charge in [0.25, 0.3) is 0 Å². The van der Waals surface area contributed by atoms with E-state index in [1.54, 1.807) is 12.1 Å². The first kappa shape index (κ1) is 21.6. The molecule has 0 aliphatic carbocycles.